The maximum Gasteiger partial charge on any atom is 0.119 e. The van der Waals surface area contributed by atoms with Crippen molar-refractivity contribution < 1.29 is 13.7 Å². The summed E-state index contributed by atoms with van der Waals surface area (Å²) >= 11 is 0. The minimum atomic E-state index is -1.23. The monoisotopic (exact) mass is 342 g/mol. The molecule has 2 rings (SSSR count). The van der Waals surface area contributed by atoms with Crippen LogP contribution >= 0.6 is 0 Å². The molecule has 0 unspecified atom stereocenters. The van der Waals surface area contributed by atoms with Crippen molar-refractivity contribution in [3.05, 3.63) is 72.8 Å². The third-order valence-electron chi connectivity index (χ3n) is 3.05. The Morgan fingerprint density at radius 2 is 1.12 bits per heavy atom. The maximum atomic E-state index is 12.6. The highest BCUT2D eigenvalue weighted by Gasteiger charge is 2.08. The van der Waals surface area contributed by atoms with Gasteiger partial charge in [-0.15, -0.1) is 0 Å². The molecule has 0 saturated heterocycles. The van der Waals surface area contributed by atoms with Gasteiger partial charge in [-0.2, -0.15) is 0 Å². The highest BCUT2D eigenvalue weighted by Crippen LogP contribution is 2.22. The molecule has 126 valence electrons. The van der Waals surface area contributed by atoms with Gasteiger partial charge in [0.05, 0.1) is 10.8 Å². The molecular weight excluding hydrogens is 320 g/mol. The van der Waals surface area contributed by atoms with Gasteiger partial charge >= 0.3 is 0 Å². The van der Waals surface area contributed by atoms with Crippen molar-refractivity contribution in [3.63, 3.8) is 0 Å². The van der Waals surface area contributed by atoms with Crippen LogP contribution in [0.15, 0.2) is 82.6 Å². The highest BCUT2D eigenvalue weighted by atomic mass is 32.2. The summed E-state index contributed by atoms with van der Waals surface area (Å²) in [6.45, 7) is 12.4. The van der Waals surface area contributed by atoms with Crippen molar-refractivity contribution >= 4 is 10.8 Å². The fraction of sp³-hybridized carbons (Fsp3) is 0.200. The van der Waals surface area contributed by atoms with Crippen molar-refractivity contribution in [1.29, 1.82) is 0 Å². The topological polar surface area (TPSA) is 35.5 Å². The number of hydrogen-bond acceptors (Lipinski definition) is 3. The largest absolute Gasteiger partial charge is 0.489 e. The fourth-order valence-corrected chi connectivity index (χ4v) is 2.91. The van der Waals surface area contributed by atoms with E-state index in [1.54, 1.807) is 0 Å². The normalized spacial score (nSPS) is 10.5. The summed E-state index contributed by atoms with van der Waals surface area (Å²) in [5.41, 5.74) is 1.91. The summed E-state index contributed by atoms with van der Waals surface area (Å²) in [7, 11) is -1.23. The first-order valence-corrected chi connectivity index (χ1v) is 8.77. The van der Waals surface area contributed by atoms with E-state index in [0.717, 1.165) is 32.4 Å². The van der Waals surface area contributed by atoms with Crippen LogP contribution in [-0.4, -0.2) is 17.4 Å². The van der Waals surface area contributed by atoms with Crippen molar-refractivity contribution in [2.24, 2.45) is 0 Å². The van der Waals surface area contributed by atoms with Gasteiger partial charge in [0.25, 0.3) is 0 Å². The summed E-state index contributed by atoms with van der Waals surface area (Å²) in [6, 6.07) is 14.5. The van der Waals surface area contributed by atoms with E-state index < -0.39 is 10.8 Å². The number of rotatable bonds is 8. The molecule has 0 aromatic heterocycles. The van der Waals surface area contributed by atoms with Crippen molar-refractivity contribution in [3.8, 4) is 11.5 Å². The Labute approximate surface area is 146 Å². The van der Waals surface area contributed by atoms with Crippen LogP contribution in [0.1, 0.15) is 13.8 Å². The Bertz CT molecular complexity index is 667. The molecule has 0 bridgehead atoms. The smallest absolute Gasteiger partial charge is 0.119 e. The van der Waals surface area contributed by atoms with Gasteiger partial charge < -0.3 is 9.47 Å². The molecule has 0 aliphatic rings. The zero-order valence-corrected chi connectivity index (χ0v) is 14.9. The lowest BCUT2D eigenvalue weighted by Crippen LogP contribution is -1.99. The fourth-order valence-electron chi connectivity index (χ4n) is 1.87. The molecular formula is C20H22O3S. The summed E-state index contributed by atoms with van der Waals surface area (Å²) in [6.07, 6.45) is 0. The van der Waals surface area contributed by atoms with Gasteiger partial charge in [-0.1, -0.05) is 13.2 Å². The molecule has 4 heteroatoms. The third kappa shape index (κ3) is 5.39. The molecule has 0 atom stereocenters. The first kappa shape index (κ1) is 18.0. The summed E-state index contributed by atoms with van der Waals surface area (Å²) < 4.78 is 23.7. The van der Waals surface area contributed by atoms with Gasteiger partial charge in [-0.25, -0.2) is 4.21 Å². The third-order valence-corrected chi connectivity index (χ3v) is 4.45. The van der Waals surface area contributed by atoms with Crippen LogP contribution in [0, 0.1) is 0 Å². The first-order chi connectivity index (χ1) is 11.5. The first-order valence-electron chi connectivity index (χ1n) is 7.62. The Kier molecular flexibility index (Phi) is 6.38. The van der Waals surface area contributed by atoms with Gasteiger partial charge in [0, 0.05) is 9.79 Å². The molecule has 0 aliphatic carbocycles. The lowest BCUT2D eigenvalue weighted by atomic mass is 10.3. The minimum Gasteiger partial charge on any atom is -0.489 e. The van der Waals surface area contributed by atoms with Crippen LogP contribution in [-0.2, 0) is 10.8 Å². The Balaban J connectivity index is 2.02. The van der Waals surface area contributed by atoms with Crippen LogP contribution in [0.25, 0.3) is 0 Å². The molecule has 24 heavy (non-hydrogen) atoms. The average Bonchev–Trinajstić information content (AvgIpc) is 2.58. The Morgan fingerprint density at radius 1 is 0.792 bits per heavy atom. The van der Waals surface area contributed by atoms with Gasteiger partial charge in [-0.3, -0.25) is 0 Å². The minimum absolute atomic E-state index is 0.480. The standard InChI is InChI=1S/C20H22O3S/c1-15(2)13-22-17-5-9-19(10-6-17)24(21)20-11-7-18(8-12-20)23-14-16(3)4/h5-12H,1,3,13-14H2,2,4H3. The van der Waals surface area contributed by atoms with E-state index in [2.05, 4.69) is 13.2 Å². The quantitative estimate of drug-likeness (QED) is 0.649. The van der Waals surface area contributed by atoms with Gasteiger partial charge in [0.15, 0.2) is 0 Å². The summed E-state index contributed by atoms with van der Waals surface area (Å²) in [5.74, 6) is 1.48. The molecule has 0 radical (unpaired) electrons. The predicted octanol–water partition coefficient (Wildman–Crippen LogP) is 4.76. The highest BCUT2D eigenvalue weighted by molar-refractivity contribution is 7.85. The second-order valence-corrected chi connectivity index (χ2v) is 7.18. The zero-order valence-electron chi connectivity index (χ0n) is 14.1. The second-order valence-electron chi connectivity index (χ2n) is 5.70. The Morgan fingerprint density at radius 3 is 1.42 bits per heavy atom. The van der Waals surface area contributed by atoms with Crippen LogP contribution in [0.3, 0.4) is 0 Å². The molecule has 3 nitrogen and oxygen atoms in total. The maximum absolute atomic E-state index is 12.6. The average molecular weight is 342 g/mol. The molecule has 0 saturated carbocycles. The number of benzene rings is 2. The van der Waals surface area contributed by atoms with Gasteiger partial charge in [-0.05, 0) is 73.5 Å². The van der Waals surface area contributed by atoms with E-state index in [1.807, 2.05) is 62.4 Å². The number of ether oxygens (including phenoxy) is 2. The van der Waals surface area contributed by atoms with Crippen LogP contribution < -0.4 is 9.47 Å². The van der Waals surface area contributed by atoms with Crippen LogP contribution in [0.2, 0.25) is 0 Å². The van der Waals surface area contributed by atoms with E-state index in [0.29, 0.717) is 13.2 Å². The van der Waals surface area contributed by atoms with E-state index >= 15 is 0 Å². The molecule has 2 aromatic carbocycles. The van der Waals surface area contributed by atoms with Crippen LogP contribution in [0.4, 0.5) is 0 Å². The molecule has 0 spiro atoms. The number of hydrogen-bond donors (Lipinski definition) is 0. The second kappa shape index (κ2) is 8.50. The van der Waals surface area contributed by atoms with E-state index in [9.17, 15) is 4.21 Å². The van der Waals surface area contributed by atoms with Crippen LogP contribution in [0.5, 0.6) is 11.5 Å². The lowest BCUT2D eigenvalue weighted by Gasteiger charge is -2.08. The van der Waals surface area contributed by atoms with Crippen molar-refractivity contribution in [2.45, 2.75) is 23.6 Å². The van der Waals surface area contributed by atoms with Crippen molar-refractivity contribution in [1.82, 2.24) is 0 Å². The van der Waals surface area contributed by atoms with E-state index in [1.165, 1.54) is 0 Å². The molecule has 0 fully saturated rings. The lowest BCUT2D eigenvalue weighted by molar-refractivity contribution is 0.352. The molecule has 2 aromatic rings. The zero-order chi connectivity index (χ0) is 17.5. The van der Waals surface area contributed by atoms with E-state index in [-0.39, 0.29) is 0 Å². The Hall–Kier alpha value is -2.33. The summed E-state index contributed by atoms with van der Waals surface area (Å²) in [5, 5.41) is 0. The molecule has 0 heterocycles. The molecule has 0 aliphatic heterocycles. The molecule has 0 amide bonds. The van der Waals surface area contributed by atoms with Crippen molar-refractivity contribution in [2.75, 3.05) is 13.2 Å². The van der Waals surface area contributed by atoms with E-state index in [4.69, 9.17) is 9.47 Å². The SMILES string of the molecule is C=C(C)COc1ccc(S(=O)c2ccc(OCC(=C)C)cc2)cc1. The van der Waals surface area contributed by atoms with Gasteiger partial charge in [0.2, 0.25) is 0 Å². The van der Waals surface area contributed by atoms with Gasteiger partial charge in [0.1, 0.15) is 24.7 Å². The molecule has 0 N–H and O–H groups in total. The summed E-state index contributed by atoms with van der Waals surface area (Å²) in [4.78, 5) is 1.46. The predicted molar refractivity (Wildman–Crippen MR) is 98.2 cm³/mol.